The number of benzene rings is 1. The van der Waals surface area contributed by atoms with Gasteiger partial charge in [0.2, 0.25) is 0 Å². The van der Waals surface area contributed by atoms with Crippen molar-refractivity contribution in [3.8, 4) is 0 Å². The number of nitrogens with two attached hydrogens (primary N) is 1. The van der Waals surface area contributed by atoms with Gasteiger partial charge in [0.15, 0.2) is 5.84 Å². The number of halogens is 1. The minimum atomic E-state index is 0.0824. The van der Waals surface area contributed by atoms with Crippen molar-refractivity contribution in [2.24, 2.45) is 10.9 Å². The van der Waals surface area contributed by atoms with E-state index in [9.17, 15) is 0 Å². The van der Waals surface area contributed by atoms with Crippen LogP contribution >= 0.6 is 15.9 Å². The Morgan fingerprint density at radius 3 is 2.79 bits per heavy atom. The fourth-order valence-electron chi connectivity index (χ4n) is 1.63. The van der Waals surface area contributed by atoms with E-state index in [0.29, 0.717) is 5.56 Å². The lowest BCUT2D eigenvalue weighted by Gasteiger charge is -2.18. The summed E-state index contributed by atoms with van der Waals surface area (Å²) in [6.07, 6.45) is 1.74. The molecule has 0 radical (unpaired) electrons. The standard InChI is InChI=1S/C13H13BrN4O/c1-18(12-6-5-10(14)8-16-12)11-4-2-3-9(7-11)13(15)17-19/h2-8,19H,1H3,(H2,15,17). The lowest BCUT2D eigenvalue weighted by Crippen LogP contribution is -2.15. The van der Waals surface area contributed by atoms with Crippen LogP contribution < -0.4 is 10.6 Å². The van der Waals surface area contributed by atoms with Crippen molar-refractivity contribution in [2.45, 2.75) is 0 Å². The number of nitrogens with zero attached hydrogens (tertiary/aromatic N) is 3. The third kappa shape index (κ3) is 3.03. The summed E-state index contributed by atoms with van der Waals surface area (Å²) in [6.45, 7) is 0. The summed E-state index contributed by atoms with van der Waals surface area (Å²) in [5.41, 5.74) is 7.14. The van der Waals surface area contributed by atoms with Crippen molar-refractivity contribution >= 4 is 33.3 Å². The fourth-order valence-corrected chi connectivity index (χ4v) is 1.86. The van der Waals surface area contributed by atoms with Crippen LogP contribution in [0, 0.1) is 0 Å². The molecule has 5 nitrogen and oxygen atoms in total. The highest BCUT2D eigenvalue weighted by molar-refractivity contribution is 9.10. The second kappa shape index (κ2) is 5.71. The first-order chi connectivity index (χ1) is 9.11. The van der Waals surface area contributed by atoms with Crippen LogP contribution in [-0.2, 0) is 0 Å². The minimum Gasteiger partial charge on any atom is -0.409 e. The Bertz CT molecular complexity index is 598. The zero-order chi connectivity index (χ0) is 13.8. The van der Waals surface area contributed by atoms with Gasteiger partial charge >= 0.3 is 0 Å². The summed E-state index contributed by atoms with van der Waals surface area (Å²) in [5.74, 6) is 0.888. The van der Waals surface area contributed by atoms with Gasteiger partial charge in [0, 0.05) is 29.0 Å². The fraction of sp³-hybridized carbons (Fsp3) is 0.0769. The second-order valence-electron chi connectivity index (χ2n) is 3.93. The molecule has 0 saturated heterocycles. The van der Waals surface area contributed by atoms with Gasteiger partial charge in [-0.25, -0.2) is 4.98 Å². The Kier molecular flexibility index (Phi) is 4.01. The van der Waals surface area contributed by atoms with Crippen molar-refractivity contribution in [1.29, 1.82) is 0 Å². The highest BCUT2D eigenvalue weighted by Crippen LogP contribution is 2.23. The van der Waals surface area contributed by atoms with E-state index in [4.69, 9.17) is 10.9 Å². The zero-order valence-electron chi connectivity index (χ0n) is 10.3. The summed E-state index contributed by atoms with van der Waals surface area (Å²) < 4.78 is 0.926. The maximum atomic E-state index is 8.70. The van der Waals surface area contributed by atoms with Gasteiger partial charge in [-0.3, -0.25) is 0 Å². The normalized spacial score (nSPS) is 11.4. The highest BCUT2D eigenvalue weighted by Gasteiger charge is 2.07. The smallest absolute Gasteiger partial charge is 0.170 e. The Balaban J connectivity index is 2.33. The molecule has 0 aliphatic carbocycles. The molecule has 0 atom stereocenters. The molecule has 0 aliphatic heterocycles. The quantitative estimate of drug-likeness (QED) is 0.394. The zero-order valence-corrected chi connectivity index (χ0v) is 11.9. The lowest BCUT2D eigenvalue weighted by molar-refractivity contribution is 0.318. The predicted molar refractivity (Wildman–Crippen MR) is 79.0 cm³/mol. The van der Waals surface area contributed by atoms with Crippen LogP contribution in [-0.4, -0.2) is 23.1 Å². The number of rotatable bonds is 3. The summed E-state index contributed by atoms with van der Waals surface area (Å²) in [7, 11) is 1.90. The number of aromatic nitrogens is 1. The van der Waals surface area contributed by atoms with Gasteiger partial charge in [-0.15, -0.1) is 0 Å². The molecule has 2 aromatic rings. The number of hydrogen-bond acceptors (Lipinski definition) is 4. The first-order valence-corrected chi connectivity index (χ1v) is 6.34. The summed E-state index contributed by atoms with van der Waals surface area (Å²) in [5, 5.41) is 11.7. The molecule has 0 aliphatic rings. The predicted octanol–water partition coefficient (Wildman–Crippen LogP) is 2.71. The first-order valence-electron chi connectivity index (χ1n) is 5.55. The molecule has 0 fully saturated rings. The van der Waals surface area contributed by atoms with Crippen molar-refractivity contribution in [3.63, 3.8) is 0 Å². The molecule has 0 spiro atoms. The second-order valence-corrected chi connectivity index (χ2v) is 4.84. The third-order valence-corrected chi connectivity index (χ3v) is 3.16. The number of anilines is 2. The topological polar surface area (TPSA) is 74.7 Å². The molecule has 1 heterocycles. The van der Waals surface area contributed by atoms with Crippen LogP contribution in [0.2, 0.25) is 0 Å². The number of oxime groups is 1. The number of hydrogen-bond donors (Lipinski definition) is 2. The van der Waals surface area contributed by atoms with Crippen molar-refractivity contribution in [3.05, 3.63) is 52.6 Å². The monoisotopic (exact) mass is 320 g/mol. The van der Waals surface area contributed by atoms with Crippen molar-refractivity contribution < 1.29 is 5.21 Å². The lowest BCUT2D eigenvalue weighted by atomic mass is 10.2. The Morgan fingerprint density at radius 2 is 2.16 bits per heavy atom. The van der Waals surface area contributed by atoms with E-state index in [1.807, 2.05) is 42.3 Å². The average Bonchev–Trinajstić information content (AvgIpc) is 2.46. The third-order valence-electron chi connectivity index (χ3n) is 2.69. The molecule has 6 heteroatoms. The summed E-state index contributed by atoms with van der Waals surface area (Å²) >= 11 is 3.35. The molecule has 0 bridgehead atoms. The molecule has 1 aromatic carbocycles. The maximum Gasteiger partial charge on any atom is 0.170 e. The number of pyridine rings is 1. The largest absolute Gasteiger partial charge is 0.409 e. The van der Waals surface area contributed by atoms with E-state index in [1.54, 1.807) is 12.3 Å². The average molecular weight is 321 g/mol. The molecule has 0 amide bonds. The van der Waals surface area contributed by atoms with Crippen LogP contribution in [0.4, 0.5) is 11.5 Å². The van der Waals surface area contributed by atoms with Crippen LogP contribution in [0.3, 0.4) is 0 Å². The molecular formula is C13H13BrN4O. The Hall–Kier alpha value is -2.08. The molecule has 3 N–H and O–H groups in total. The van der Waals surface area contributed by atoms with E-state index in [2.05, 4.69) is 26.1 Å². The minimum absolute atomic E-state index is 0.0824. The first kappa shape index (κ1) is 13.4. The SMILES string of the molecule is CN(c1cccc(C(N)=NO)c1)c1ccc(Br)cn1. The molecule has 0 unspecified atom stereocenters. The molecule has 0 saturated carbocycles. The summed E-state index contributed by atoms with van der Waals surface area (Å²) in [4.78, 5) is 6.23. The van der Waals surface area contributed by atoms with E-state index >= 15 is 0 Å². The molecule has 1 aromatic heterocycles. The Morgan fingerprint density at radius 1 is 1.37 bits per heavy atom. The summed E-state index contributed by atoms with van der Waals surface area (Å²) in [6, 6.07) is 11.2. The van der Waals surface area contributed by atoms with Crippen LogP contribution in [0.25, 0.3) is 0 Å². The van der Waals surface area contributed by atoms with E-state index < -0.39 is 0 Å². The van der Waals surface area contributed by atoms with E-state index in [-0.39, 0.29) is 5.84 Å². The Labute approximate surface area is 119 Å². The van der Waals surface area contributed by atoms with Crippen molar-refractivity contribution in [2.75, 3.05) is 11.9 Å². The highest BCUT2D eigenvalue weighted by atomic mass is 79.9. The molecular weight excluding hydrogens is 308 g/mol. The van der Waals surface area contributed by atoms with Crippen LogP contribution in [0.5, 0.6) is 0 Å². The van der Waals surface area contributed by atoms with E-state index in [0.717, 1.165) is 16.0 Å². The van der Waals surface area contributed by atoms with Gasteiger partial charge in [0.1, 0.15) is 5.82 Å². The van der Waals surface area contributed by atoms with Gasteiger partial charge in [-0.05, 0) is 40.2 Å². The van der Waals surface area contributed by atoms with Gasteiger partial charge in [-0.1, -0.05) is 17.3 Å². The van der Waals surface area contributed by atoms with Gasteiger partial charge in [0.25, 0.3) is 0 Å². The molecule has 98 valence electrons. The van der Waals surface area contributed by atoms with Crippen LogP contribution in [0.15, 0.2) is 52.2 Å². The van der Waals surface area contributed by atoms with Gasteiger partial charge < -0.3 is 15.8 Å². The number of amidine groups is 1. The van der Waals surface area contributed by atoms with Crippen molar-refractivity contribution in [1.82, 2.24) is 4.98 Å². The van der Waals surface area contributed by atoms with E-state index in [1.165, 1.54) is 0 Å². The van der Waals surface area contributed by atoms with Gasteiger partial charge in [0.05, 0.1) is 0 Å². The molecule has 19 heavy (non-hydrogen) atoms. The molecule has 2 rings (SSSR count). The maximum absolute atomic E-state index is 8.70. The van der Waals surface area contributed by atoms with Crippen LogP contribution in [0.1, 0.15) is 5.56 Å². The van der Waals surface area contributed by atoms with Gasteiger partial charge in [-0.2, -0.15) is 0 Å².